The van der Waals surface area contributed by atoms with E-state index in [1.54, 1.807) is 0 Å². The van der Waals surface area contributed by atoms with E-state index in [0.29, 0.717) is 30.2 Å². The molecule has 0 aromatic carbocycles. The molecule has 3 unspecified atom stereocenters. The van der Waals surface area contributed by atoms with E-state index in [2.05, 4.69) is 0 Å². The Labute approximate surface area is 102 Å². The molecule has 2 heterocycles. The van der Waals surface area contributed by atoms with Gasteiger partial charge in [-0.1, -0.05) is 0 Å². The van der Waals surface area contributed by atoms with E-state index in [1.165, 1.54) is 6.42 Å². The molecule has 0 radical (unpaired) electrons. The summed E-state index contributed by atoms with van der Waals surface area (Å²) in [6.07, 6.45) is 6.21. The third-order valence-corrected chi connectivity index (χ3v) is 4.35. The summed E-state index contributed by atoms with van der Waals surface area (Å²) in [4.78, 5) is 14.2. The standard InChI is InChI=1S/C13H20N2O2/c14-11-5-4-9-7-15(8-10(9)11)13(16)12-3-1-2-6-17-12/h3,9-11H,1-2,4-8,14H2. The number of carbonyl (C=O) groups is 1. The molecule has 0 aromatic rings. The molecule has 4 heteroatoms. The van der Waals surface area contributed by atoms with Gasteiger partial charge < -0.3 is 15.4 Å². The first-order valence-electron chi connectivity index (χ1n) is 6.63. The van der Waals surface area contributed by atoms with Crippen LogP contribution in [0.25, 0.3) is 0 Å². The first-order chi connectivity index (χ1) is 8.25. The fraction of sp³-hybridized carbons (Fsp3) is 0.769. The Bertz CT molecular complexity index is 353. The van der Waals surface area contributed by atoms with Crippen LogP contribution in [0.1, 0.15) is 25.7 Å². The molecule has 1 amide bonds. The molecule has 0 bridgehead atoms. The predicted molar refractivity (Wildman–Crippen MR) is 64.0 cm³/mol. The third-order valence-electron chi connectivity index (χ3n) is 4.35. The highest BCUT2D eigenvalue weighted by molar-refractivity contribution is 5.91. The molecular formula is C13H20N2O2. The molecule has 2 N–H and O–H groups in total. The Balaban J connectivity index is 1.66. The van der Waals surface area contributed by atoms with Crippen LogP contribution in [0.15, 0.2) is 11.8 Å². The predicted octanol–water partition coefficient (Wildman–Crippen LogP) is 0.876. The fourth-order valence-corrected chi connectivity index (χ4v) is 3.34. The maximum absolute atomic E-state index is 12.2. The summed E-state index contributed by atoms with van der Waals surface area (Å²) in [5.41, 5.74) is 6.08. The number of amides is 1. The summed E-state index contributed by atoms with van der Waals surface area (Å²) in [5.74, 6) is 1.78. The number of likely N-dealkylation sites (tertiary alicyclic amines) is 1. The summed E-state index contributed by atoms with van der Waals surface area (Å²) in [6.45, 7) is 2.38. The van der Waals surface area contributed by atoms with Gasteiger partial charge in [0, 0.05) is 19.1 Å². The number of allylic oxidation sites excluding steroid dienone is 1. The Hall–Kier alpha value is -1.03. The van der Waals surface area contributed by atoms with Gasteiger partial charge in [-0.25, -0.2) is 0 Å². The first kappa shape index (κ1) is 11.1. The molecule has 0 aromatic heterocycles. The molecule has 3 atom stereocenters. The number of nitrogens with two attached hydrogens (primary N) is 1. The van der Waals surface area contributed by atoms with E-state index < -0.39 is 0 Å². The van der Waals surface area contributed by atoms with Crippen molar-refractivity contribution in [2.45, 2.75) is 31.7 Å². The van der Waals surface area contributed by atoms with Gasteiger partial charge in [0.15, 0.2) is 5.76 Å². The fourth-order valence-electron chi connectivity index (χ4n) is 3.34. The van der Waals surface area contributed by atoms with Crippen LogP contribution in [0.3, 0.4) is 0 Å². The number of rotatable bonds is 1. The normalized spacial score (nSPS) is 36.4. The van der Waals surface area contributed by atoms with Gasteiger partial charge in [-0.2, -0.15) is 0 Å². The minimum atomic E-state index is 0.0753. The van der Waals surface area contributed by atoms with Crippen molar-refractivity contribution in [3.05, 3.63) is 11.8 Å². The maximum Gasteiger partial charge on any atom is 0.288 e. The van der Waals surface area contributed by atoms with Crippen molar-refractivity contribution in [3.8, 4) is 0 Å². The summed E-state index contributed by atoms with van der Waals surface area (Å²) in [7, 11) is 0. The van der Waals surface area contributed by atoms with Gasteiger partial charge in [-0.15, -0.1) is 0 Å². The molecule has 3 aliphatic rings. The second-order valence-corrected chi connectivity index (χ2v) is 5.43. The second-order valence-electron chi connectivity index (χ2n) is 5.43. The van der Waals surface area contributed by atoms with E-state index >= 15 is 0 Å². The lowest BCUT2D eigenvalue weighted by atomic mass is 9.98. The SMILES string of the molecule is NC1CCC2CN(C(=O)C3=CCCCO3)CC12. The molecule has 1 aliphatic carbocycles. The van der Waals surface area contributed by atoms with Crippen LogP contribution < -0.4 is 5.73 Å². The van der Waals surface area contributed by atoms with Crippen LogP contribution in [0.5, 0.6) is 0 Å². The van der Waals surface area contributed by atoms with Crippen molar-refractivity contribution in [1.82, 2.24) is 4.90 Å². The van der Waals surface area contributed by atoms with E-state index in [-0.39, 0.29) is 5.91 Å². The van der Waals surface area contributed by atoms with Crippen LogP contribution in [-0.4, -0.2) is 36.5 Å². The molecule has 94 valence electrons. The second kappa shape index (κ2) is 4.33. The molecule has 2 aliphatic heterocycles. The van der Waals surface area contributed by atoms with Crippen LogP contribution in [0, 0.1) is 11.8 Å². The minimum Gasteiger partial charge on any atom is -0.488 e. The quantitative estimate of drug-likeness (QED) is 0.735. The molecule has 1 saturated carbocycles. The highest BCUT2D eigenvalue weighted by Gasteiger charge is 2.43. The number of carbonyl (C=O) groups excluding carboxylic acids is 1. The van der Waals surface area contributed by atoms with E-state index in [0.717, 1.165) is 32.4 Å². The molecule has 3 rings (SSSR count). The van der Waals surface area contributed by atoms with Crippen molar-refractivity contribution >= 4 is 5.91 Å². The largest absolute Gasteiger partial charge is 0.488 e. The minimum absolute atomic E-state index is 0.0753. The molecule has 2 fully saturated rings. The lowest BCUT2D eigenvalue weighted by Gasteiger charge is -2.22. The van der Waals surface area contributed by atoms with Gasteiger partial charge in [0.1, 0.15) is 0 Å². The van der Waals surface area contributed by atoms with Gasteiger partial charge in [-0.3, -0.25) is 4.79 Å². The average Bonchev–Trinajstić information content (AvgIpc) is 2.92. The number of hydrogen-bond donors (Lipinski definition) is 1. The van der Waals surface area contributed by atoms with Gasteiger partial charge >= 0.3 is 0 Å². The van der Waals surface area contributed by atoms with E-state index in [9.17, 15) is 4.79 Å². The zero-order valence-electron chi connectivity index (χ0n) is 10.1. The molecular weight excluding hydrogens is 216 g/mol. The molecule has 17 heavy (non-hydrogen) atoms. The van der Waals surface area contributed by atoms with Crippen LogP contribution in [-0.2, 0) is 9.53 Å². The first-order valence-corrected chi connectivity index (χ1v) is 6.63. The van der Waals surface area contributed by atoms with Crippen molar-refractivity contribution in [3.63, 3.8) is 0 Å². The van der Waals surface area contributed by atoms with Crippen molar-refractivity contribution in [1.29, 1.82) is 0 Å². The van der Waals surface area contributed by atoms with Gasteiger partial charge in [0.25, 0.3) is 5.91 Å². The lowest BCUT2D eigenvalue weighted by Crippen LogP contribution is -2.35. The summed E-state index contributed by atoms with van der Waals surface area (Å²) >= 11 is 0. The van der Waals surface area contributed by atoms with E-state index in [1.807, 2.05) is 11.0 Å². The monoisotopic (exact) mass is 236 g/mol. The zero-order valence-corrected chi connectivity index (χ0v) is 10.1. The molecule has 0 spiro atoms. The topological polar surface area (TPSA) is 55.6 Å². The van der Waals surface area contributed by atoms with Crippen molar-refractivity contribution in [2.75, 3.05) is 19.7 Å². The number of ether oxygens (including phenoxy) is 1. The van der Waals surface area contributed by atoms with Crippen LogP contribution in [0.4, 0.5) is 0 Å². The van der Waals surface area contributed by atoms with Crippen molar-refractivity contribution < 1.29 is 9.53 Å². The van der Waals surface area contributed by atoms with Crippen LogP contribution >= 0.6 is 0 Å². The van der Waals surface area contributed by atoms with Crippen molar-refractivity contribution in [2.24, 2.45) is 17.6 Å². The lowest BCUT2D eigenvalue weighted by molar-refractivity contribution is -0.130. The summed E-state index contributed by atoms with van der Waals surface area (Å²) in [5, 5.41) is 0. The van der Waals surface area contributed by atoms with Gasteiger partial charge in [0.2, 0.25) is 0 Å². The highest BCUT2D eigenvalue weighted by Crippen LogP contribution is 2.37. The maximum atomic E-state index is 12.2. The summed E-state index contributed by atoms with van der Waals surface area (Å²) < 4.78 is 5.44. The zero-order chi connectivity index (χ0) is 11.8. The Morgan fingerprint density at radius 2 is 2.29 bits per heavy atom. The molecule has 4 nitrogen and oxygen atoms in total. The summed E-state index contributed by atoms with van der Waals surface area (Å²) in [6, 6.07) is 0.291. The Kier molecular flexibility index (Phi) is 2.82. The van der Waals surface area contributed by atoms with Gasteiger partial charge in [0.05, 0.1) is 6.61 Å². The number of hydrogen-bond acceptors (Lipinski definition) is 3. The number of fused-ring (bicyclic) bond motifs is 1. The molecule has 1 saturated heterocycles. The smallest absolute Gasteiger partial charge is 0.288 e. The third kappa shape index (κ3) is 1.95. The number of nitrogens with zero attached hydrogens (tertiary/aromatic N) is 1. The van der Waals surface area contributed by atoms with Gasteiger partial charge in [-0.05, 0) is 43.6 Å². The average molecular weight is 236 g/mol. The Morgan fingerprint density at radius 1 is 1.41 bits per heavy atom. The highest BCUT2D eigenvalue weighted by atomic mass is 16.5. The van der Waals surface area contributed by atoms with E-state index in [4.69, 9.17) is 10.5 Å². The van der Waals surface area contributed by atoms with Crippen LogP contribution in [0.2, 0.25) is 0 Å². The Morgan fingerprint density at radius 3 is 3.00 bits per heavy atom.